The number of quaternary nitrogens is 1. The lowest BCUT2D eigenvalue weighted by Crippen LogP contribution is -2.45. The minimum atomic E-state index is -4.60. The Bertz CT molecular complexity index is 1270. The minimum absolute atomic E-state index is 0.00797. The lowest BCUT2D eigenvalue weighted by Gasteiger charge is -2.29. The Morgan fingerprint density at radius 2 is 0.792 bits per heavy atom. The van der Waals surface area contributed by atoms with Crippen molar-refractivity contribution in [2.75, 3.05) is 40.9 Å². The smallest absolute Gasteiger partial charge is 0.268 e. The van der Waals surface area contributed by atoms with Crippen LogP contribution < -0.4 is 10.2 Å². The molecule has 426 valence electrons. The average Bonchev–Trinajstić information content (AvgIpc) is 3.34. The lowest BCUT2D eigenvalue weighted by molar-refractivity contribution is -0.870. The standard InChI is InChI=1S/C63H123N2O6P/c1-6-8-10-12-14-16-18-19-20-21-22-23-24-25-26-27-28-29-30-31-32-33-34-35-36-37-38-39-40-41-42-43-44-45-46-47-49-51-53-55-57-63(67)64-61(60-71-72(68,69)70-59-58-65(3,4)5)62(66)56-54-52-50-48-17-15-13-11-9-7-2/h9,11,17,48,54,56,61-62,66H,6-8,10,12-16,18-47,49-53,55,57-60H2,1-5H3,(H-,64,67,68,69)/b11-9+,48-17+,56-54+. The SMILES string of the molecule is CC/C=C/CC/C=C/CC/C=C/C(O)C(COP(=O)([O-])OCC[N+](C)(C)C)NC(=O)CCCCCCCCCCCCCCCCCCCCCCCCCCCCCCCCCCCCCCCCCC. The third-order valence-corrected chi connectivity index (χ3v) is 15.3. The number of carbonyl (C=O) groups is 1. The van der Waals surface area contributed by atoms with Crippen molar-refractivity contribution in [1.29, 1.82) is 0 Å². The highest BCUT2D eigenvalue weighted by molar-refractivity contribution is 7.45. The zero-order chi connectivity index (χ0) is 52.7. The number of likely N-dealkylation sites (N-methyl/N-ethyl adjacent to an activating group) is 1. The second-order valence-electron chi connectivity index (χ2n) is 22.7. The number of amides is 1. The number of phosphoric acid groups is 1. The number of hydrogen-bond donors (Lipinski definition) is 2. The first-order valence-corrected chi connectivity index (χ1v) is 32.8. The van der Waals surface area contributed by atoms with Crippen molar-refractivity contribution < 1.29 is 32.9 Å². The van der Waals surface area contributed by atoms with Gasteiger partial charge < -0.3 is 28.8 Å². The number of aliphatic hydroxyl groups is 1. The van der Waals surface area contributed by atoms with Crippen LogP contribution in [0.1, 0.15) is 309 Å². The summed E-state index contributed by atoms with van der Waals surface area (Å²) < 4.78 is 23.2. The molecule has 0 aliphatic rings. The molecule has 8 nitrogen and oxygen atoms in total. The number of aliphatic hydroxyl groups excluding tert-OH is 1. The second-order valence-corrected chi connectivity index (χ2v) is 24.1. The van der Waals surface area contributed by atoms with Crippen molar-refractivity contribution >= 4 is 13.7 Å². The molecular formula is C63H123N2O6P. The maximum Gasteiger partial charge on any atom is 0.268 e. The summed E-state index contributed by atoms with van der Waals surface area (Å²) in [6.07, 6.45) is 71.6. The molecule has 0 aromatic heterocycles. The number of unbranched alkanes of at least 4 members (excludes halogenated alkanes) is 41. The Kier molecular flexibility index (Phi) is 53.5. The highest BCUT2D eigenvalue weighted by Crippen LogP contribution is 2.38. The molecule has 0 bridgehead atoms. The van der Waals surface area contributed by atoms with Gasteiger partial charge in [-0.1, -0.05) is 301 Å². The van der Waals surface area contributed by atoms with Crippen LogP contribution in [-0.4, -0.2) is 68.5 Å². The zero-order valence-corrected chi connectivity index (χ0v) is 49.5. The molecule has 2 N–H and O–H groups in total. The van der Waals surface area contributed by atoms with Crippen molar-refractivity contribution in [3.63, 3.8) is 0 Å². The van der Waals surface area contributed by atoms with E-state index < -0.39 is 26.6 Å². The van der Waals surface area contributed by atoms with Crippen molar-refractivity contribution in [3.05, 3.63) is 36.5 Å². The van der Waals surface area contributed by atoms with Crippen molar-refractivity contribution in [1.82, 2.24) is 5.32 Å². The number of hydrogen-bond acceptors (Lipinski definition) is 6. The molecule has 1 amide bonds. The van der Waals surface area contributed by atoms with Gasteiger partial charge in [0.1, 0.15) is 13.2 Å². The van der Waals surface area contributed by atoms with Gasteiger partial charge in [-0.05, 0) is 38.5 Å². The second kappa shape index (κ2) is 54.5. The Balaban J connectivity index is 3.76. The highest BCUT2D eigenvalue weighted by Gasteiger charge is 2.23. The van der Waals surface area contributed by atoms with Crippen molar-refractivity contribution in [3.8, 4) is 0 Å². The van der Waals surface area contributed by atoms with E-state index in [1.54, 1.807) is 6.08 Å². The predicted molar refractivity (Wildman–Crippen MR) is 311 cm³/mol. The van der Waals surface area contributed by atoms with Crippen LogP contribution in [0.2, 0.25) is 0 Å². The normalized spacial score (nSPS) is 14.0. The molecule has 0 rings (SSSR count). The number of phosphoric ester groups is 1. The highest BCUT2D eigenvalue weighted by atomic mass is 31.2. The fourth-order valence-corrected chi connectivity index (χ4v) is 10.2. The third-order valence-electron chi connectivity index (χ3n) is 14.3. The molecule has 0 heterocycles. The Labute approximate surface area is 448 Å². The lowest BCUT2D eigenvalue weighted by atomic mass is 10.0. The number of allylic oxidation sites excluding steroid dienone is 5. The van der Waals surface area contributed by atoms with Gasteiger partial charge in [-0.25, -0.2) is 0 Å². The van der Waals surface area contributed by atoms with Gasteiger partial charge in [0.2, 0.25) is 5.91 Å². The van der Waals surface area contributed by atoms with E-state index in [-0.39, 0.29) is 12.5 Å². The fourth-order valence-electron chi connectivity index (χ4n) is 9.49. The van der Waals surface area contributed by atoms with Gasteiger partial charge in [-0.2, -0.15) is 0 Å². The van der Waals surface area contributed by atoms with Gasteiger partial charge in [-0.3, -0.25) is 9.36 Å². The Hall–Kier alpha value is -1.28. The molecule has 0 aromatic carbocycles. The Morgan fingerprint density at radius 1 is 0.486 bits per heavy atom. The first-order valence-electron chi connectivity index (χ1n) is 31.4. The van der Waals surface area contributed by atoms with Crippen LogP contribution in [0, 0.1) is 0 Å². The summed E-state index contributed by atoms with van der Waals surface area (Å²) in [4.78, 5) is 25.4. The van der Waals surface area contributed by atoms with Crippen LogP contribution in [0.15, 0.2) is 36.5 Å². The van der Waals surface area contributed by atoms with E-state index >= 15 is 0 Å². The fraction of sp³-hybridized carbons (Fsp3) is 0.889. The molecule has 0 spiro atoms. The van der Waals surface area contributed by atoms with Crippen LogP contribution in [0.25, 0.3) is 0 Å². The van der Waals surface area contributed by atoms with E-state index in [1.165, 1.54) is 238 Å². The molecule has 0 radical (unpaired) electrons. The largest absolute Gasteiger partial charge is 0.756 e. The topological polar surface area (TPSA) is 108 Å². The zero-order valence-electron chi connectivity index (χ0n) is 48.6. The summed E-state index contributed by atoms with van der Waals surface area (Å²) in [6, 6.07) is -0.906. The number of carbonyl (C=O) groups excluding carboxylic acids is 1. The van der Waals surface area contributed by atoms with Gasteiger partial charge in [0.05, 0.1) is 39.9 Å². The number of nitrogens with zero attached hydrogens (tertiary/aromatic N) is 1. The Morgan fingerprint density at radius 3 is 1.11 bits per heavy atom. The quantitative estimate of drug-likeness (QED) is 0.0272. The van der Waals surface area contributed by atoms with Crippen LogP contribution in [-0.2, 0) is 18.4 Å². The molecule has 0 fully saturated rings. The predicted octanol–water partition coefficient (Wildman–Crippen LogP) is 18.7. The van der Waals surface area contributed by atoms with Crippen molar-refractivity contribution in [2.45, 2.75) is 321 Å². The molecule has 72 heavy (non-hydrogen) atoms. The maximum absolute atomic E-state index is 12.9. The van der Waals surface area contributed by atoms with Gasteiger partial charge in [0.15, 0.2) is 0 Å². The molecule has 0 aliphatic heterocycles. The number of nitrogens with one attached hydrogen (secondary N) is 1. The molecule has 9 heteroatoms. The van der Waals surface area contributed by atoms with E-state index in [0.717, 1.165) is 51.4 Å². The van der Waals surface area contributed by atoms with Gasteiger partial charge in [0, 0.05) is 6.42 Å². The number of rotatable bonds is 58. The molecule has 3 unspecified atom stereocenters. The minimum Gasteiger partial charge on any atom is -0.756 e. The summed E-state index contributed by atoms with van der Waals surface area (Å²) in [6.45, 7) is 4.52. The molecule has 0 saturated carbocycles. The summed E-state index contributed by atoms with van der Waals surface area (Å²) in [5.74, 6) is -0.209. The molecular weight excluding hydrogens is 912 g/mol. The van der Waals surface area contributed by atoms with Crippen LogP contribution >= 0.6 is 7.82 Å². The molecule has 0 aromatic rings. The molecule has 0 aliphatic carbocycles. The van der Waals surface area contributed by atoms with E-state index in [9.17, 15) is 19.4 Å². The average molecular weight is 1040 g/mol. The van der Waals surface area contributed by atoms with Gasteiger partial charge in [0.25, 0.3) is 7.82 Å². The van der Waals surface area contributed by atoms with E-state index in [1.807, 2.05) is 27.2 Å². The van der Waals surface area contributed by atoms with E-state index in [0.29, 0.717) is 17.4 Å². The van der Waals surface area contributed by atoms with Crippen LogP contribution in [0.5, 0.6) is 0 Å². The van der Waals surface area contributed by atoms with Gasteiger partial charge in [-0.15, -0.1) is 0 Å². The van der Waals surface area contributed by atoms with Crippen molar-refractivity contribution in [2.24, 2.45) is 0 Å². The van der Waals surface area contributed by atoms with Crippen LogP contribution in [0.3, 0.4) is 0 Å². The summed E-state index contributed by atoms with van der Waals surface area (Å²) in [5.41, 5.74) is 0. The molecule has 0 saturated heterocycles. The summed E-state index contributed by atoms with van der Waals surface area (Å²) in [7, 11) is 1.24. The first-order chi connectivity index (χ1) is 35.0. The summed E-state index contributed by atoms with van der Waals surface area (Å²) >= 11 is 0. The third kappa shape index (κ3) is 56.4. The monoisotopic (exact) mass is 1030 g/mol. The molecule has 3 atom stereocenters. The maximum atomic E-state index is 12.9. The first kappa shape index (κ1) is 70.7. The summed E-state index contributed by atoms with van der Waals surface area (Å²) in [5, 5.41) is 13.8. The van der Waals surface area contributed by atoms with E-state index in [2.05, 4.69) is 43.5 Å². The van der Waals surface area contributed by atoms with E-state index in [4.69, 9.17) is 9.05 Å². The van der Waals surface area contributed by atoms with Gasteiger partial charge >= 0.3 is 0 Å². The van der Waals surface area contributed by atoms with Crippen LogP contribution in [0.4, 0.5) is 0 Å².